The smallest absolute Gasteiger partial charge is 0.267 e. The van der Waals surface area contributed by atoms with Gasteiger partial charge in [-0.1, -0.05) is 35.5 Å². The molecule has 7 heteroatoms. The first-order valence-electron chi connectivity index (χ1n) is 8.79. The van der Waals surface area contributed by atoms with Crippen molar-refractivity contribution >= 4 is 21.4 Å². The van der Waals surface area contributed by atoms with Crippen LogP contribution in [-0.2, 0) is 16.4 Å². The Balaban J connectivity index is 1.54. The van der Waals surface area contributed by atoms with Crippen LogP contribution >= 0.6 is 0 Å². The van der Waals surface area contributed by atoms with E-state index in [1.807, 2.05) is 30.3 Å². The van der Waals surface area contributed by atoms with E-state index in [2.05, 4.69) is 27.3 Å². The molecule has 2 aromatic carbocycles. The molecule has 3 rings (SSSR count). The van der Waals surface area contributed by atoms with Gasteiger partial charge in [-0.15, -0.1) is 0 Å². The van der Waals surface area contributed by atoms with Crippen LogP contribution in [0.1, 0.15) is 23.4 Å². The summed E-state index contributed by atoms with van der Waals surface area (Å²) in [5.41, 5.74) is 3.10. The van der Waals surface area contributed by atoms with E-state index in [9.17, 15) is 8.42 Å². The zero-order chi connectivity index (χ0) is 19.3. The summed E-state index contributed by atoms with van der Waals surface area (Å²) in [4.78, 5) is 0.0885. The molecule has 0 unspecified atom stereocenters. The summed E-state index contributed by atoms with van der Waals surface area (Å²) in [7, 11) is -3.72. The first-order valence-corrected chi connectivity index (χ1v) is 10.3. The van der Waals surface area contributed by atoms with Crippen LogP contribution in [0.3, 0.4) is 0 Å². The molecule has 1 aromatic heterocycles. The predicted molar refractivity (Wildman–Crippen MR) is 106 cm³/mol. The minimum Gasteiger partial charge on any atom is -0.385 e. The molecular weight excluding hydrogens is 362 g/mol. The second-order valence-corrected chi connectivity index (χ2v) is 7.97. The topological polar surface area (TPSA) is 84.2 Å². The molecule has 6 nitrogen and oxygen atoms in total. The maximum absolute atomic E-state index is 12.5. The van der Waals surface area contributed by atoms with E-state index in [1.54, 1.807) is 26.0 Å². The molecule has 0 atom stereocenters. The molecule has 0 radical (unpaired) electrons. The number of benzene rings is 2. The van der Waals surface area contributed by atoms with Crippen molar-refractivity contribution in [3.63, 3.8) is 0 Å². The highest BCUT2D eigenvalue weighted by atomic mass is 32.2. The Morgan fingerprint density at radius 2 is 1.63 bits per heavy atom. The summed E-state index contributed by atoms with van der Waals surface area (Å²) in [5.74, 6) is 0.275. The number of nitrogens with one attached hydrogen (secondary N) is 2. The molecule has 0 bridgehead atoms. The van der Waals surface area contributed by atoms with Crippen LogP contribution in [0.2, 0.25) is 0 Å². The van der Waals surface area contributed by atoms with Crippen LogP contribution in [0.4, 0.5) is 11.4 Å². The fraction of sp³-hybridized carbons (Fsp3) is 0.250. The van der Waals surface area contributed by atoms with Gasteiger partial charge in [0.05, 0.1) is 0 Å². The van der Waals surface area contributed by atoms with E-state index < -0.39 is 10.0 Å². The van der Waals surface area contributed by atoms with Crippen LogP contribution in [0.15, 0.2) is 64.0 Å². The number of aryl methyl sites for hydroxylation is 3. The lowest BCUT2D eigenvalue weighted by Gasteiger charge is -2.10. The van der Waals surface area contributed by atoms with Gasteiger partial charge in [-0.05, 0) is 56.5 Å². The van der Waals surface area contributed by atoms with E-state index in [1.165, 1.54) is 5.56 Å². The van der Waals surface area contributed by atoms with Crippen molar-refractivity contribution in [2.45, 2.75) is 31.6 Å². The highest BCUT2D eigenvalue weighted by molar-refractivity contribution is 7.92. The molecule has 3 aromatic rings. The first-order chi connectivity index (χ1) is 13.0. The molecule has 0 aliphatic rings. The van der Waals surface area contributed by atoms with Crippen molar-refractivity contribution in [2.75, 3.05) is 16.6 Å². The lowest BCUT2D eigenvalue weighted by atomic mass is 10.1. The third-order valence-electron chi connectivity index (χ3n) is 4.19. The Bertz CT molecular complexity index is 962. The molecule has 2 N–H and O–H groups in total. The van der Waals surface area contributed by atoms with E-state index in [0.717, 1.165) is 25.1 Å². The van der Waals surface area contributed by atoms with Crippen molar-refractivity contribution in [1.82, 2.24) is 5.16 Å². The molecular formula is C20H23N3O3S. The molecule has 0 saturated heterocycles. The number of anilines is 2. The molecule has 0 amide bonds. The highest BCUT2D eigenvalue weighted by Crippen LogP contribution is 2.23. The maximum Gasteiger partial charge on any atom is 0.267 e. The van der Waals surface area contributed by atoms with Gasteiger partial charge >= 0.3 is 0 Å². The van der Waals surface area contributed by atoms with Crippen molar-refractivity contribution in [1.29, 1.82) is 0 Å². The zero-order valence-electron chi connectivity index (χ0n) is 15.4. The molecule has 0 spiro atoms. The number of sulfonamides is 1. The standard InChI is InChI=1S/C20H23N3O3S/c1-15-20(16(2)26-22-15)27(24,25)23-19-12-10-18(11-13-19)21-14-6-9-17-7-4-3-5-8-17/h3-5,7-8,10-13,21,23H,6,9,14H2,1-2H3. The number of hydrogen-bond donors (Lipinski definition) is 2. The quantitative estimate of drug-likeness (QED) is 0.570. The normalized spacial score (nSPS) is 11.3. The molecule has 0 fully saturated rings. The summed E-state index contributed by atoms with van der Waals surface area (Å²) >= 11 is 0. The van der Waals surface area contributed by atoms with Gasteiger partial charge in [0.25, 0.3) is 10.0 Å². The van der Waals surface area contributed by atoms with Crippen molar-refractivity contribution in [2.24, 2.45) is 0 Å². The molecule has 0 saturated carbocycles. The van der Waals surface area contributed by atoms with Crippen LogP contribution < -0.4 is 10.0 Å². The molecule has 1 heterocycles. The lowest BCUT2D eigenvalue weighted by molar-refractivity contribution is 0.390. The lowest BCUT2D eigenvalue weighted by Crippen LogP contribution is -2.14. The average molecular weight is 385 g/mol. The molecule has 142 valence electrons. The van der Waals surface area contributed by atoms with Gasteiger partial charge in [0.15, 0.2) is 10.7 Å². The summed E-state index contributed by atoms with van der Waals surface area (Å²) in [6, 6.07) is 17.5. The Hall–Kier alpha value is -2.80. The fourth-order valence-electron chi connectivity index (χ4n) is 2.89. The van der Waals surface area contributed by atoms with Gasteiger partial charge in [-0.2, -0.15) is 0 Å². The van der Waals surface area contributed by atoms with Gasteiger partial charge < -0.3 is 9.84 Å². The Labute approximate surface area is 159 Å². The van der Waals surface area contributed by atoms with Gasteiger partial charge in [0.1, 0.15) is 5.69 Å². The molecule has 0 aliphatic heterocycles. The van der Waals surface area contributed by atoms with Gasteiger partial charge in [-0.3, -0.25) is 4.72 Å². The maximum atomic E-state index is 12.5. The summed E-state index contributed by atoms with van der Waals surface area (Å²) in [6.07, 6.45) is 2.04. The van der Waals surface area contributed by atoms with Crippen molar-refractivity contribution < 1.29 is 12.9 Å². The Kier molecular flexibility index (Phi) is 5.81. The Morgan fingerprint density at radius 3 is 2.26 bits per heavy atom. The second kappa shape index (κ2) is 8.26. The molecule has 27 heavy (non-hydrogen) atoms. The van der Waals surface area contributed by atoms with E-state index >= 15 is 0 Å². The summed E-state index contributed by atoms with van der Waals surface area (Å²) in [6.45, 7) is 4.03. The Morgan fingerprint density at radius 1 is 0.963 bits per heavy atom. The van der Waals surface area contributed by atoms with Crippen LogP contribution in [0.25, 0.3) is 0 Å². The van der Waals surface area contributed by atoms with Crippen molar-refractivity contribution in [3.05, 3.63) is 71.6 Å². The first kappa shape index (κ1) is 19.0. The SMILES string of the molecule is Cc1noc(C)c1S(=O)(=O)Nc1ccc(NCCCc2ccccc2)cc1. The zero-order valence-corrected chi connectivity index (χ0v) is 16.2. The second-order valence-electron chi connectivity index (χ2n) is 6.35. The monoisotopic (exact) mass is 385 g/mol. The van der Waals surface area contributed by atoms with Crippen LogP contribution in [0, 0.1) is 13.8 Å². The van der Waals surface area contributed by atoms with Crippen LogP contribution in [-0.4, -0.2) is 20.1 Å². The van der Waals surface area contributed by atoms with Gasteiger partial charge in [0.2, 0.25) is 0 Å². The van der Waals surface area contributed by atoms with E-state index in [-0.39, 0.29) is 10.7 Å². The number of hydrogen-bond acceptors (Lipinski definition) is 5. The third kappa shape index (κ3) is 4.89. The minimum atomic E-state index is -3.72. The number of aromatic nitrogens is 1. The fourth-order valence-corrected chi connectivity index (χ4v) is 4.28. The minimum absolute atomic E-state index is 0.0885. The average Bonchev–Trinajstić information content (AvgIpc) is 3.00. The van der Waals surface area contributed by atoms with Crippen LogP contribution in [0.5, 0.6) is 0 Å². The molecule has 0 aliphatic carbocycles. The predicted octanol–water partition coefficient (Wildman–Crippen LogP) is 4.14. The third-order valence-corrected chi connectivity index (χ3v) is 5.81. The van der Waals surface area contributed by atoms with Crippen molar-refractivity contribution in [3.8, 4) is 0 Å². The van der Waals surface area contributed by atoms with E-state index in [0.29, 0.717) is 11.4 Å². The van der Waals surface area contributed by atoms with Gasteiger partial charge in [0, 0.05) is 17.9 Å². The van der Waals surface area contributed by atoms with E-state index in [4.69, 9.17) is 4.52 Å². The largest absolute Gasteiger partial charge is 0.385 e. The highest BCUT2D eigenvalue weighted by Gasteiger charge is 2.24. The summed E-state index contributed by atoms with van der Waals surface area (Å²) in [5, 5.41) is 7.05. The number of nitrogens with zero attached hydrogens (tertiary/aromatic N) is 1. The number of rotatable bonds is 8. The van der Waals surface area contributed by atoms with Gasteiger partial charge in [-0.25, -0.2) is 8.42 Å². The summed E-state index contributed by atoms with van der Waals surface area (Å²) < 4.78 is 32.5.